The van der Waals surface area contributed by atoms with Crippen LogP contribution in [0.5, 0.6) is 5.75 Å². The van der Waals surface area contributed by atoms with E-state index in [2.05, 4.69) is 0 Å². The summed E-state index contributed by atoms with van der Waals surface area (Å²) in [5.41, 5.74) is 2.45. The van der Waals surface area contributed by atoms with Gasteiger partial charge in [-0.05, 0) is 37.8 Å². The number of benzene rings is 2. The molecule has 2 heterocycles. The third-order valence-electron chi connectivity index (χ3n) is 5.34. The molecule has 2 aliphatic heterocycles. The Hall–Kier alpha value is -3.63. The van der Waals surface area contributed by atoms with Gasteiger partial charge in [-0.15, -0.1) is 0 Å². The molecule has 0 fully saturated rings. The van der Waals surface area contributed by atoms with Crippen molar-refractivity contribution in [2.75, 3.05) is 26.4 Å². The van der Waals surface area contributed by atoms with E-state index >= 15 is 0 Å². The van der Waals surface area contributed by atoms with Gasteiger partial charge in [0.2, 0.25) is 11.6 Å². The first-order valence-electron chi connectivity index (χ1n) is 11.2. The van der Waals surface area contributed by atoms with Gasteiger partial charge in [0.05, 0.1) is 42.4 Å². The lowest BCUT2D eigenvalue weighted by molar-refractivity contribution is -0.387. The van der Waals surface area contributed by atoms with Crippen LogP contribution in [0.15, 0.2) is 48.6 Å². The van der Waals surface area contributed by atoms with Gasteiger partial charge in [0.15, 0.2) is 0 Å². The average molecular weight is 486 g/mol. The Kier molecular flexibility index (Phi) is 9.04. The summed E-state index contributed by atoms with van der Waals surface area (Å²) in [5.74, 6) is -0.406. The maximum absolute atomic E-state index is 13.8. The summed E-state index contributed by atoms with van der Waals surface area (Å²) in [5, 5.41) is 21.7. The fourth-order valence-corrected chi connectivity index (χ4v) is 3.73. The van der Waals surface area contributed by atoms with Crippen LogP contribution in [0, 0.1) is 26.0 Å². The van der Waals surface area contributed by atoms with Gasteiger partial charge >= 0.3 is 11.4 Å². The van der Waals surface area contributed by atoms with Gasteiger partial charge in [-0.25, -0.2) is 0 Å². The van der Waals surface area contributed by atoms with Crippen LogP contribution in [0.1, 0.15) is 37.8 Å². The minimum Gasteiger partial charge on any atom is -0.484 e. The molecule has 2 aromatic rings. The van der Waals surface area contributed by atoms with Crippen molar-refractivity contribution in [2.24, 2.45) is 0 Å². The molecule has 0 amide bonds. The first kappa shape index (κ1) is 26.0. The van der Waals surface area contributed by atoms with Crippen molar-refractivity contribution >= 4 is 22.5 Å². The fraction of sp³-hybridized carbons (Fsp3) is 0.360. The van der Waals surface area contributed by atoms with E-state index < -0.39 is 21.4 Å². The number of ether oxygens (including phenoxy) is 3. The Morgan fingerprint density at radius 2 is 1.37 bits per heavy atom. The van der Waals surface area contributed by atoms with Gasteiger partial charge in [0.1, 0.15) is 0 Å². The van der Waals surface area contributed by atoms with Crippen molar-refractivity contribution in [1.82, 2.24) is 0 Å². The summed E-state index contributed by atoms with van der Waals surface area (Å²) < 4.78 is 29.8. The predicted molar refractivity (Wildman–Crippen MR) is 129 cm³/mol. The van der Waals surface area contributed by atoms with Gasteiger partial charge in [-0.3, -0.25) is 20.2 Å². The number of nitrogens with zero attached hydrogens (tertiary/aromatic N) is 2. The highest BCUT2D eigenvalue weighted by Crippen LogP contribution is 2.37. The van der Waals surface area contributed by atoms with E-state index in [1.807, 2.05) is 26.0 Å². The Labute approximate surface area is 202 Å². The topological polar surface area (TPSA) is 114 Å². The van der Waals surface area contributed by atoms with Crippen LogP contribution < -0.4 is 4.74 Å². The van der Waals surface area contributed by atoms with E-state index in [1.54, 1.807) is 18.2 Å². The van der Waals surface area contributed by atoms with E-state index in [0.717, 1.165) is 23.1 Å². The first-order chi connectivity index (χ1) is 16.8. The lowest BCUT2D eigenvalue weighted by Crippen LogP contribution is -2.11. The number of hydrogen-bond donors (Lipinski definition) is 0. The Morgan fingerprint density at radius 3 is 1.86 bits per heavy atom. The summed E-state index contributed by atoms with van der Waals surface area (Å²) >= 11 is 0. The highest BCUT2D eigenvalue weighted by Gasteiger charge is 2.23. The molecule has 2 aliphatic rings. The van der Waals surface area contributed by atoms with Gasteiger partial charge in [-0.2, -0.15) is 4.39 Å². The minimum absolute atomic E-state index is 0.0126. The van der Waals surface area contributed by atoms with Crippen LogP contribution >= 0.6 is 0 Å². The van der Waals surface area contributed by atoms with Crippen molar-refractivity contribution in [3.8, 4) is 5.75 Å². The molecule has 0 aromatic heterocycles. The summed E-state index contributed by atoms with van der Waals surface area (Å²) in [6.07, 6.45) is 4.93. The quantitative estimate of drug-likeness (QED) is 0.379. The second kappa shape index (κ2) is 12.2. The third-order valence-corrected chi connectivity index (χ3v) is 5.34. The number of hydrogen-bond acceptors (Lipinski definition) is 7. The molecule has 0 atom stereocenters. The van der Waals surface area contributed by atoms with E-state index in [9.17, 15) is 24.6 Å². The molecule has 186 valence electrons. The number of rotatable bonds is 6. The highest BCUT2D eigenvalue weighted by atomic mass is 19.1. The zero-order valence-corrected chi connectivity index (χ0v) is 19.6. The molecule has 10 heteroatoms. The van der Waals surface area contributed by atoms with E-state index in [4.69, 9.17) is 14.2 Å². The fourth-order valence-electron chi connectivity index (χ4n) is 3.73. The molecule has 4 rings (SSSR count). The van der Waals surface area contributed by atoms with Crippen molar-refractivity contribution in [1.29, 1.82) is 0 Å². The van der Waals surface area contributed by atoms with E-state index in [1.165, 1.54) is 18.2 Å². The maximum atomic E-state index is 13.8. The van der Waals surface area contributed by atoms with Crippen LogP contribution in [-0.4, -0.2) is 42.4 Å². The zero-order valence-electron chi connectivity index (χ0n) is 19.6. The van der Waals surface area contributed by atoms with Crippen molar-refractivity contribution in [3.63, 3.8) is 0 Å². The maximum Gasteiger partial charge on any atom is 0.311 e. The monoisotopic (exact) mass is 486 g/mol. The van der Waals surface area contributed by atoms with Crippen LogP contribution in [0.4, 0.5) is 15.8 Å². The molecule has 0 aliphatic carbocycles. The first-order valence-corrected chi connectivity index (χ1v) is 11.2. The van der Waals surface area contributed by atoms with Crippen molar-refractivity contribution in [3.05, 3.63) is 85.7 Å². The molecule has 0 N–H and O–H groups in total. The standard InChI is InChI=1S/C14H17NO4.C11H10FNO3/c1-10(2)19-14-12(11-6-8-18-9-7-11)4-3-5-13(14)15(16)17;12-11-9(8-4-6-16-7-5-8)2-1-3-10(11)13(14)15/h3-6,10H,7-9H2,1-2H3;1-4H,5-7H2. The molecular formula is C25H27FN2O7. The van der Waals surface area contributed by atoms with Gasteiger partial charge in [-0.1, -0.05) is 36.4 Å². The number of nitro benzene ring substituents is 2. The van der Waals surface area contributed by atoms with Gasteiger partial charge in [0.25, 0.3) is 0 Å². The molecule has 9 nitrogen and oxygen atoms in total. The highest BCUT2D eigenvalue weighted by molar-refractivity contribution is 5.75. The van der Waals surface area contributed by atoms with E-state index in [-0.39, 0.29) is 11.8 Å². The number of halogens is 1. The lowest BCUT2D eigenvalue weighted by atomic mass is 9.99. The molecule has 2 aromatic carbocycles. The Bertz CT molecular complexity index is 1140. The van der Waals surface area contributed by atoms with Gasteiger partial charge in [0, 0.05) is 23.3 Å². The number of nitro groups is 2. The summed E-state index contributed by atoms with van der Waals surface area (Å²) in [6, 6.07) is 9.24. The average Bonchev–Trinajstić information content (AvgIpc) is 2.85. The summed E-state index contributed by atoms with van der Waals surface area (Å²) in [7, 11) is 0. The Morgan fingerprint density at radius 1 is 0.857 bits per heavy atom. The normalized spacial score (nSPS) is 15.4. The second-order valence-electron chi connectivity index (χ2n) is 8.08. The molecule has 0 radical (unpaired) electrons. The summed E-state index contributed by atoms with van der Waals surface area (Å²) in [6.45, 7) is 5.85. The summed E-state index contributed by atoms with van der Waals surface area (Å²) in [4.78, 5) is 20.6. The van der Waals surface area contributed by atoms with Crippen LogP contribution in [0.3, 0.4) is 0 Å². The van der Waals surface area contributed by atoms with Crippen molar-refractivity contribution in [2.45, 2.75) is 32.8 Å². The van der Waals surface area contributed by atoms with Crippen LogP contribution in [-0.2, 0) is 9.47 Å². The third kappa shape index (κ3) is 6.71. The predicted octanol–water partition coefficient (Wildman–Crippen LogP) is 5.72. The van der Waals surface area contributed by atoms with Crippen molar-refractivity contribution < 1.29 is 28.4 Å². The minimum atomic E-state index is -0.763. The zero-order chi connectivity index (χ0) is 25.4. The molecule has 35 heavy (non-hydrogen) atoms. The second-order valence-corrected chi connectivity index (χ2v) is 8.08. The largest absolute Gasteiger partial charge is 0.484 e. The van der Waals surface area contributed by atoms with Crippen LogP contribution in [0.25, 0.3) is 11.1 Å². The van der Waals surface area contributed by atoms with E-state index in [0.29, 0.717) is 44.2 Å². The lowest BCUT2D eigenvalue weighted by Gasteiger charge is -2.18. The molecule has 0 bridgehead atoms. The molecule has 0 saturated heterocycles. The molecule has 0 unspecified atom stereocenters. The van der Waals surface area contributed by atoms with Gasteiger partial charge < -0.3 is 14.2 Å². The SMILES string of the molecule is CC(C)Oc1c(C2=CCOCC2)cccc1[N+](=O)[O-].O=[N+]([O-])c1cccc(C2=CCOCC2)c1F. The Balaban J connectivity index is 0.000000198. The smallest absolute Gasteiger partial charge is 0.311 e. The molecular weight excluding hydrogens is 459 g/mol. The number of para-hydroxylation sites is 1. The molecule has 0 saturated carbocycles. The van der Waals surface area contributed by atoms with Crippen LogP contribution in [0.2, 0.25) is 0 Å². The molecule has 0 spiro atoms.